The summed E-state index contributed by atoms with van der Waals surface area (Å²) < 4.78 is 7.06. The molecule has 0 atom stereocenters. The number of hydrogen-bond acceptors (Lipinski definition) is 4. The standard InChI is InChI=1S/C51H29N3O/c1-2-14-33-27-36(24-21-30(33)11-1)49-52-50(43-28-34-15-5-6-16-37(34)40-19-9-10-20-41(40)43)54-51(53-49)44-29-35-23-22-31-12-3-7-17-38(31)45(35)48-46(44)42-26-25-32-13-4-8-18-39(32)47(42)55-48/h1-29H. The molecule has 0 N–H and O–H groups in total. The maximum Gasteiger partial charge on any atom is 0.164 e. The molecule has 0 bridgehead atoms. The highest BCUT2D eigenvalue weighted by Gasteiger charge is 2.23. The Morgan fingerprint density at radius 1 is 0.291 bits per heavy atom. The van der Waals surface area contributed by atoms with Crippen molar-refractivity contribution in [3.05, 3.63) is 176 Å². The first kappa shape index (κ1) is 30.1. The molecule has 55 heavy (non-hydrogen) atoms. The zero-order valence-electron chi connectivity index (χ0n) is 29.5. The second kappa shape index (κ2) is 11.5. The molecule has 2 heterocycles. The molecule has 0 aliphatic heterocycles. The van der Waals surface area contributed by atoms with E-state index in [1.54, 1.807) is 0 Å². The van der Waals surface area contributed by atoms with Gasteiger partial charge in [-0.05, 0) is 78.1 Å². The van der Waals surface area contributed by atoms with Crippen LogP contribution in [-0.2, 0) is 0 Å². The maximum absolute atomic E-state index is 7.06. The molecule has 4 nitrogen and oxygen atoms in total. The summed E-state index contributed by atoms with van der Waals surface area (Å²) in [6.45, 7) is 0. The molecular weight excluding hydrogens is 671 g/mol. The lowest BCUT2D eigenvalue weighted by molar-refractivity contribution is 0.677. The van der Waals surface area contributed by atoms with Gasteiger partial charge in [0.15, 0.2) is 17.5 Å². The molecule has 0 radical (unpaired) electrons. The third-order valence-corrected chi connectivity index (χ3v) is 11.2. The van der Waals surface area contributed by atoms with Crippen molar-refractivity contribution in [1.82, 2.24) is 15.0 Å². The van der Waals surface area contributed by atoms with E-state index in [1.807, 2.05) is 0 Å². The van der Waals surface area contributed by atoms with Gasteiger partial charge in [0.25, 0.3) is 0 Å². The summed E-state index contributed by atoms with van der Waals surface area (Å²) in [6, 6.07) is 62.1. The van der Waals surface area contributed by atoms with Gasteiger partial charge >= 0.3 is 0 Å². The number of fused-ring (bicyclic) bond motifs is 13. The molecule has 0 saturated carbocycles. The molecule has 2 aromatic heterocycles. The van der Waals surface area contributed by atoms with Crippen LogP contribution in [0.4, 0.5) is 0 Å². The molecule has 0 amide bonds. The van der Waals surface area contributed by atoms with Crippen LogP contribution in [0.5, 0.6) is 0 Å². The highest BCUT2D eigenvalue weighted by atomic mass is 16.3. The van der Waals surface area contributed by atoms with Crippen molar-refractivity contribution >= 4 is 86.6 Å². The van der Waals surface area contributed by atoms with E-state index in [1.165, 1.54) is 16.2 Å². The van der Waals surface area contributed by atoms with Gasteiger partial charge in [0.05, 0.1) is 0 Å². The van der Waals surface area contributed by atoms with Gasteiger partial charge in [0.1, 0.15) is 11.2 Å². The van der Waals surface area contributed by atoms with Crippen LogP contribution in [-0.4, -0.2) is 15.0 Å². The number of nitrogens with zero attached hydrogens (tertiary/aromatic N) is 3. The van der Waals surface area contributed by atoms with Gasteiger partial charge in [-0.2, -0.15) is 0 Å². The Kier molecular flexibility index (Phi) is 6.31. The van der Waals surface area contributed by atoms with Gasteiger partial charge in [-0.1, -0.05) is 152 Å². The molecule has 10 aromatic carbocycles. The summed E-state index contributed by atoms with van der Waals surface area (Å²) in [5, 5.41) is 15.6. The summed E-state index contributed by atoms with van der Waals surface area (Å²) >= 11 is 0. The predicted molar refractivity (Wildman–Crippen MR) is 228 cm³/mol. The molecule has 0 saturated heterocycles. The number of aromatic nitrogens is 3. The van der Waals surface area contributed by atoms with Crippen molar-refractivity contribution in [2.75, 3.05) is 0 Å². The lowest BCUT2D eigenvalue weighted by Gasteiger charge is -2.14. The van der Waals surface area contributed by atoms with E-state index < -0.39 is 0 Å². The summed E-state index contributed by atoms with van der Waals surface area (Å²) in [6.07, 6.45) is 0. The molecule has 254 valence electrons. The Hall–Kier alpha value is -7.43. The fraction of sp³-hybridized carbons (Fsp3) is 0. The van der Waals surface area contributed by atoms with Gasteiger partial charge in [0.2, 0.25) is 0 Å². The van der Waals surface area contributed by atoms with E-state index in [-0.39, 0.29) is 0 Å². The van der Waals surface area contributed by atoms with Crippen molar-refractivity contribution in [3.8, 4) is 34.2 Å². The van der Waals surface area contributed by atoms with E-state index in [2.05, 4.69) is 176 Å². The second-order valence-electron chi connectivity index (χ2n) is 14.3. The van der Waals surface area contributed by atoms with Crippen molar-refractivity contribution in [3.63, 3.8) is 0 Å². The minimum Gasteiger partial charge on any atom is -0.455 e. The molecule has 0 aliphatic carbocycles. The smallest absolute Gasteiger partial charge is 0.164 e. The average Bonchev–Trinajstić information content (AvgIpc) is 3.66. The molecular formula is C51H29N3O. The fourth-order valence-corrected chi connectivity index (χ4v) is 8.65. The van der Waals surface area contributed by atoms with E-state index >= 15 is 0 Å². The first-order chi connectivity index (χ1) is 27.2. The highest BCUT2D eigenvalue weighted by molar-refractivity contribution is 6.29. The van der Waals surface area contributed by atoms with E-state index in [0.717, 1.165) is 87.1 Å². The van der Waals surface area contributed by atoms with Gasteiger partial charge in [-0.3, -0.25) is 0 Å². The van der Waals surface area contributed by atoms with Gasteiger partial charge < -0.3 is 4.42 Å². The molecule has 0 aliphatic rings. The molecule has 0 unspecified atom stereocenters. The van der Waals surface area contributed by atoms with Crippen LogP contribution >= 0.6 is 0 Å². The van der Waals surface area contributed by atoms with Gasteiger partial charge in [0, 0.05) is 38.2 Å². The second-order valence-corrected chi connectivity index (χ2v) is 14.3. The summed E-state index contributed by atoms with van der Waals surface area (Å²) in [4.78, 5) is 16.1. The zero-order chi connectivity index (χ0) is 36.0. The highest BCUT2D eigenvalue weighted by Crippen LogP contribution is 2.45. The SMILES string of the molecule is c1ccc2cc(-c3nc(-c4cc5ccccc5c5ccccc45)nc(-c4cc5ccc6ccccc6c5c5oc6c7ccccc7ccc6c45)n3)ccc2c1. The van der Waals surface area contributed by atoms with E-state index in [4.69, 9.17) is 19.4 Å². The summed E-state index contributed by atoms with van der Waals surface area (Å²) in [7, 11) is 0. The Morgan fingerprint density at radius 2 is 0.836 bits per heavy atom. The lowest BCUT2D eigenvalue weighted by Crippen LogP contribution is -2.01. The largest absolute Gasteiger partial charge is 0.455 e. The van der Waals surface area contributed by atoms with Crippen LogP contribution in [0, 0.1) is 0 Å². The van der Waals surface area contributed by atoms with Crippen molar-refractivity contribution < 1.29 is 4.42 Å². The van der Waals surface area contributed by atoms with Crippen LogP contribution in [0.15, 0.2) is 180 Å². The maximum atomic E-state index is 7.06. The molecule has 12 rings (SSSR count). The predicted octanol–water partition coefficient (Wildman–Crippen LogP) is 13.7. The third kappa shape index (κ3) is 4.55. The van der Waals surface area contributed by atoms with Crippen LogP contribution < -0.4 is 0 Å². The van der Waals surface area contributed by atoms with Gasteiger partial charge in [-0.15, -0.1) is 0 Å². The Bertz CT molecular complexity index is 3560. The summed E-state index contributed by atoms with van der Waals surface area (Å²) in [5.74, 6) is 1.84. The Balaban J connectivity index is 1.23. The fourth-order valence-electron chi connectivity index (χ4n) is 8.65. The first-order valence-corrected chi connectivity index (χ1v) is 18.6. The van der Waals surface area contributed by atoms with Crippen molar-refractivity contribution in [2.45, 2.75) is 0 Å². The number of benzene rings is 10. The van der Waals surface area contributed by atoms with Crippen molar-refractivity contribution in [1.29, 1.82) is 0 Å². The minimum atomic E-state index is 0.598. The number of hydrogen-bond donors (Lipinski definition) is 0. The third-order valence-electron chi connectivity index (χ3n) is 11.2. The lowest BCUT2D eigenvalue weighted by atomic mass is 9.95. The Labute approximate surface area is 315 Å². The monoisotopic (exact) mass is 699 g/mol. The van der Waals surface area contributed by atoms with Crippen LogP contribution in [0.1, 0.15) is 0 Å². The van der Waals surface area contributed by atoms with E-state index in [9.17, 15) is 0 Å². The molecule has 12 aromatic rings. The van der Waals surface area contributed by atoms with Crippen LogP contribution in [0.3, 0.4) is 0 Å². The van der Waals surface area contributed by atoms with Crippen LogP contribution in [0.25, 0.3) is 121 Å². The number of rotatable bonds is 3. The average molecular weight is 700 g/mol. The molecule has 0 spiro atoms. The normalized spacial score (nSPS) is 12.0. The van der Waals surface area contributed by atoms with Crippen molar-refractivity contribution in [2.24, 2.45) is 0 Å². The molecule has 4 heteroatoms. The number of furan rings is 1. The van der Waals surface area contributed by atoms with Gasteiger partial charge in [-0.25, -0.2) is 15.0 Å². The first-order valence-electron chi connectivity index (χ1n) is 18.6. The molecule has 0 fully saturated rings. The Morgan fingerprint density at radius 3 is 1.65 bits per heavy atom. The minimum absolute atomic E-state index is 0.598. The van der Waals surface area contributed by atoms with E-state index in [0.29, 0.717) is 17.5 Å². The quantitative estimate of drug-likeness (QED) is 0.172. The zero-order valence-corrected chi connectivity index (χ0v) is 29.5. The topological polar surface area (TPSA) is 51.8 Å². The summed E-state index contributed by atoms with van der Waals surface area (Å²) in [5.41, 5.74) is 4.49. The van der Waals surface area contributed by atoms with Crippen LogP contribution in [0.2, 0.25) is 0 Å².